The average molecular weight is 731 g/mol. The summed E-state index contributed by atoms with van der Waals surface area (Å²) in [5, 5.41) is 6.36. The third-order valence-electron chi connectivity index (χ3n) is 11.1. The van der Waals surface area contributed by atoms with Crippen molar-refractivity contribution in [1.29, 1.82) is 0 Å². The number of aromatic nitrogens is 4. The summed E-state index contributed by atoms with van der Waals surface area (Å²) >= 11 is 0. The Morgan fingerprint density at radius 3 is 1.67 bits per heavy atom. The molecule has 12 rings (SSSR count). The molecule has 0 saturated heterocycles. The zero-order chi connectivity index (χ0) is 37.5. The van der Waals surface area contributed by atoms with E-state index in [1.54, 1.807) is 0 Å². The van der Waals surface area contributed by atoms with Crippen LogP contribution in [0.5, 0.6) is 0 Å². The molecule has 0 saturated carbocycles. The molecule has 0 atom stereocenters. The molecule has 4 aromatic heterocycles. The molecular weight excluding hydrogens is 701 g/mol. The Morgan fingerprint density at radius 2 is 0.930 bits per heavy atom. The van der Waals surface area contributed by atoms with Crippen LogP contribution >= 0.6 is 0 Å². The van der Waals surface area contributed by atoms with Crippen molar-refractivity contribution in [3.8, 4) is 51.0 Å². The lowest BCUT2D eigenvalue weighted by Gasteiger charge is -2.12. The van der Waals surface area contributed by atoms with Gasteiger partial charge in [0, 0.05) is 43.4 Å². The lowest BCUT2D eigenvalue weighted by Crippen LogP contribution is -2.06. The second-order valence-electron chi connectivity index (χ2n) is 14.4. The van der Waals surface area contributed by atoms with E-state index in [2.05, 4.69) is 120 Å². The number of nitrogens with zero attached hydrogens (tertiary/aromatic N) is 4. The van der Waals surface area contributed by atoms with Gasteiger partial charge in [-0.2, -0.15) is 9.97 Å². The number of benzene rings is 8. The molecule has 57 heavy (non-hydrogen) atoms. The molecule has 0 fully saturated rings. The molecule has 6 nitrogen and oxygen atoms in total. The van der Waals surface area contributed by atoms with E-state index in [9.17, 15) is 0 Å². The van der Waals surface area contributed by atoms with Gasteiger partial charge < -0.3 is 8.83 Å². The van der Waals surface area contributed by atoms with E-state index < -0.39 is 0 Å². The molecule has 0 spiro atoms. The van der Waals surface area contributed by atoms with Gasteiger partial charge in [0.2, 0.25) is 5.95 Å². The summed E-state index contributed by atoms with van der Waals surface area (Å²) in [7, 11) is 0. The lowest BCUT2D eigenvalue weighted by molar-refractivity contribution is 0.669. The predicted octanol–water partition coefficient (Wildman–Crippen LogP) is 13.4. The van der Waals surface area contributed by atoms with Crippen molar-refractivity contribution in [2.24, 2.45) is 0 Å². The first kappa shape index (κ1) is 31.5. The van der Waals surface area contributed by atoms with Gasteiger partial charge in [-0.1, -0.05) is 140 Å². The third kappa shape index (κ3) is 4.94. The van der Waals surface area contributed by atoms with Gasteiger partial charge in [0.1, 0.15) is 22.3 Å². The SMILES string of the molecule is c1ccc(-c2nc(-c3cc(-c4ccccc4)c4c(c3)oc3ccccc34)nc(-n3c4cc5c(cc4c4c(-c6ccccc6)cccc43)oc3ccccc35)n2)cc1. The molecule has 0 radical (unpaired) electrons. The smallest absolute Gasteiger partial charge is 0.238 e. The number of furan rings is 2. The van der Waals surface area contributed by atoms with Crippen molar-refractivity contribution in [3.05, 3.63) is 182 Å². The highest BCUT2D eigenvalue weighted by molar-refractivity contribution is 6.20. The first-order chi connectivity index (χ1) is 28.2. The van der Waals surface area contributed by atoms with Crippen LogP contribution in [0.2, 0.25) is 0 Å². The first-order valence-corrected chi connectivity index (χ1v) is 19.0. The van der Waals surface area contributed by atoms with Crippen molar-refractivity contribution in [1.82, 2.24) is 19.5 Å². The highest BCUT2D eigenvalue weighted by Gasteiger charge is 2.23. The third-order valence-corrected chi connectivity index (χ3v) is 11.1. The van der Waals surface area contributed by atoms with Crippen LogP contribution in [-0.2, 0) is 0 Å². The quantitative estimate of drug-likeness (QED) is 0.176. The number of hydrogen-bond acceptors (Lipinski definition) is 5. The van der Waals surface area contributed by atoms with Crippen LogP contribution in [0.25, 0.3) is 117 Å². The Labute approximate surface area is 325 Å². The number of rotatable bonds is 5. The van der Waals surface area contributed by atoms with Gasteiger partial charge in [-0.05, 0) is 64.7 Å². The van der Waals surface area contributed by atoms with E-state index in [-0.39, 0.29) is 0 Å². The standard InChI is InChI=1S/C51H30N4O2/c1-4-15-31(16-5-1)35-23-14-24-41-47(35)40-30-45-39(36-21-10-12-25-43(36)56-45)29-42(40)55(41)51-53-49(33-19-8-3-9-20-33)52-50(54-51)34-27-38(32-17-6-2-7-18-32)48-37-22-11-13-26-44(37)57-46(48)28-34/h1-30H. The highest BCUT2D eigenvalue weighted by atomic mass is 16.3. The minimum Gasteiger partial charge on any atom is -0.456 e. The van der Waals surface area contributed by atoms with Crippen LogP contribution in [-0.4, -0.2) is 19.5 Å². The fourth-order valence-corrected chi connectivity index (χ4v) is 8.50. The van der Waals surface area contributed by atoms with Gasteiger partial charge in [0.05, 0.1) is 11.0 Å². The summed E-state index contributed by atoms with van der Waals surface area (Å²) in [6, 6.07) is 62.6. The maximum atomic E-state index is 6.55. The highest BCUT2D eigenvalue weighted by Crippen LogP contribution is 2.43. The maximum Gasteiger partial charge on any atom is 0.238 e. The molecule has 0 aliphatic heterocycles. The number of para-hydroxylation sites is 2. The Bertz CT molecular complexity index is 3510. The lowest BCUT2D eigenvalue weighted by atomic mass is 9.97. The van der Waals surface area contributed by atoms with Gasteiger partial charge in [0.25, 0.3) is 0 Å². The molecular formula is C51H30N4O2. The molecule has 4 heterocycles. The first-order valence-electron chi connectivity index (χ1n) is 19.0. The van der Waals surface area contributed by atoms with Crippen molar-refractivity contribution in [2.75, 3.05) is 0 Å². The average Bonchev–Trinajstić information content (AvgIpc) is 3.95. The molecule has 0 amide bonds. The monoisotopic (exact) mass is 730 g/mol. The molecule has 12 aromatic rings. The summed E-state index contributed by atoms with van der Waals surface area (Å²) in [5.74, 6) is 1.63. The van der Waals surface area contributed by atoms with Crippen LogP contribution in [0.3, 0.4) is 0 Å². The van der Waals surface area contributed by atoms with Crippen LogP contribution in [0.4, 0.5) is 0 Å². The molecule has 0 aliphatic carbocycles. The molecule has 0 N–H and O–H groups in total. The van der Waals surface area contributed by atoms with Crippen LogP contribution < -0.4 is 0 Å². The molecule has 6 heteroatoms. The normalized spacial score (nSPS) is 11.9. The van der Waals surface area contributed by atoms with Crippen LogP contribution in [0.15, 0.2) is 191 Å². The fraction of sp³-hybridized carbons (Fsp3) is 0. The largest absolute Gasteiger partial charge is 0.456 e. The zero-order valence-corrected chi connectivity index (χ0v) is 30.4. The summed E-state index contributed by atoms with van der Waals surface area (Å²) in [4.78, 5) is 15.8. The summed E-state index contributed by atoms with van der Waals surface area (Å²) in [5.41, 5.74) is 11.3. The maximum absolute atomic E-state index is 6.55. The van der Waals surface area contributed by atoms with E-state index >= 15 is 0 Å². The predicted molar refractivity (Wildman–Crippen MR) is 230 cm³/mol. The Morgan fingerprint density at radius 1 is 0.333 bits per heavy atom. The second kappa shape index (κ2) is 12.3. The van der Waals surface area contributed by atoms with Gasteiger partial charge in [-0.25, -0.2) is 4.98 Å². The fourth-order valence-electron chi connectivity index (χ4n) is 8.50. The topological polar surface area (TPSA) is 69.9 Å². The molecule has 0 aliphatic rings. The van der Waals surface area contributed by atoms with Crippen molar-refractivity contribution in [3.63, 3.8) is 0 Å². The Hall–Kier alpha value is -7.83. The summed E-state index contributed by atoms with van der Waals surface area (Å²) < 4.78 is 15.2. The molecule has 0 unspecified atom stereocenters. The van der Waals surface area contributed by atoms with Crippen LogP contribution in [0, 0.1) is 0 Å². The second-order valence-corrected chi connectivity index (χ2v) is 14.4. The van der Waals surface area contributed by atoms with E-state index in [0.717, 1.165) is 99.1 Å². The molecule has 266 valence electrons. The number of hydrogen-bond donors (Lipinski definition) is 0. The number of fused-ring (bicyclic) bond motifs is 9. The minimum atomic E-state index is 0.516. The van der Waals surface area contributed by atoms with Gasteiger partial charge in [0.15, 0.2) is 11.6 Å². The minimum absolute atomic E-state index is 0.516. The van der Waals surface area contributed by atoms with E-state index in [4.69, 9.17) is 23.8 Å². The van der Waals surface area contributed by atoms with Gasteiger partial charge >= 0.3 is 0 Å². The Kier molecular flexibility index (Phi) is 6.83. The molecule has 8 aromatic carbocycles. The zero-order valence-electron chi connectivity index (χ0n) is 30.4. The van der Waals surface area contributed by atoms with Crippen molar-refractivity contribution in [2.45, 2.75) is 0 Å². The summed E-state index contributed by atoms with van der Waals surface area (Å²) in [6.45, 7) is 0. The van der Waals surface area contributed by atoms with E-state index in [1.165, 1.54) is 0 Å². The van der Waals surface area contributed by atoms with Gasteiger partial charge in [-0.3, -0.25) is 4.57 Å². The van der Waals surface area contributed by atoms with Crippen molar-refractivity contribution >= 4 is 65.7 Å². The van der Waals surface area contributed by atoms with E-state index in [0.29, 0.717) is 17.6 Å². The Balaban J connectivity index is 1.19. The molecule has 0 bridgehead atoms. The van der Waals surface area contributed by atoms with Crippen molar-refractivity contribution < 1.29 is 8.83 Å². The van der Waals surface area contributed by atoms with Gasteiger partial charge in [-0.15, -0.1) is 0 Å². The van der Waals surface area contributed by atoms with E-state index in [1.807, 2.05) is 66.7 Å². The van der Waals surface area contributed by atoms with Crippen LogP contribution in [0.1, 0.15) is 0 Å². The summed E-state index contributed by atoms with van der Waals surface area (Å²) in [6.07, 6.45) is 0.